The van der Waals surface area contributed by atoms with Crippen LogP contribution in [0.1, 0.15) is 24.5 Å². The second kappa shape index (κ2) is 6.44. The van der Waals surface area contributed by atoms with Gasteiger partial charge in [-0.15, -0.1) is 0 Å². The quantitative estimate of drug-likeness (QED) is 0.833. The van der Waals surface area contributed by atoms with Crippen LogP contribution in [0.2, 0.25) is 0 Å². The molecule has 1 N–H and O–H groups in total. The molecule has 1 aliphatic rings. The van der Waals surface area contributed by atoms with E-state index in [2.05, 4.69) is 6.58 Å². The van der Waals surface area contributed by atoms with Gasteiger partial charge in [-0.1, -0.05) is 30.3 Å². The molecule has 21 heavy (non-hydrogen) atoms. The summed E-state index contributed by atoms with van der Waals surface area (Å²) < 4.78 is 38.6. The third kappa shape index (κ3) is 4.51. The zero-order valence-electron chi connectivity index (χ0n) is 11.4. The van der Waals surface area contributed by atoms with Crippen molar-refractivity contribution in [1.82, 2.24) is 4.31 Å². The summed E-state index contributed by atoms with van der Waals surface area (Å²) in [4.78, 5) is 0. The molecule has 0 spiro atoms. The lowest BCUT2D eigenvalue weighted by Gasteiger charge is -2.24. The number of rotatable bonds is 7. The van der Waals surface area contributed by atoms with Crippen molar-refractivity contribution in [3.8, 4) is 0 Å². The minimum Gasteiger partial charge on any atom is -0.387 e. The maximum absolute atomic E-state index is 12.9. The zero-order chi connectivity index (χ0) is 15.6. The van der Waals surface area contributed by atoms with Crippen molar-refractivity contribution >= 4 is 21.6 Å². The van der Waals surface area contributed by atoms with Gasteiger partial charge >= 0.3 is 0 Å². The highest BCUT2D eigenvalue weighted by Gasteiger charge is 2.38. The molecule has 2 rings (SSSR count). The van der Waals surface area contributed by atoms with Crippen LogP contribution in [0.15, 0.2) is 35.9 Å². The molecule has 0 unspecified atom stereocenters. The highest BCUT2D eigenvalue weighted by Crippen LogP contribution is 2.32. The van der Waals surface area contributed by atoms with Crippen molar-refractivity contribution in [3.05, 3.63) is 47.3 Å². The van der Waals surface area contributed by atoms with Crippen molar-refractivity contribution in [2.75, 3.05) is 12.3 Å². The Morgan fingerprint density at radius 1 is 1.43 bits per heavy atom. The molecule has 0 aromatic heterocycles. The largest absolute Gasteiger partial charge is 0.387 e. The first-order valence-corrected chi connectivity index (χ1v) is 8.54. The molecule has 1 aliphatic carbocycles. The second-order valence-corrected chi connectivity index (χ2v) is 7.60. The number of aliphatic hydroxyl groups excluding tert-OH is 1. The van der Waals surface area contributed by atoms with E-state index in [-0.39, 0.29) is 23.4 Å². The van der Waals surface area contributed by atoms with Crippen molar-refractivity contribution in [1.29, 1.82) is 0 Å². The van der Waals surface area contributed by atoms with Gasteiger partial charge in [0.15, 0.2) is 0 Å². The average molecular weight is 334 g/mol. The number of nitrogens with zero attached hydrogens (tertiary/aromatic N) is 1. The van der Waals surface area contributed by atoms with E-state index in [0.717, 1.165) is 12.8 Å². The van der Waals surface area contributed by atoms with Gasteiger partial charge in [-0.3, -0.25) is 0 Å². The molecule has 0 heterocycles. The van der Waals surface area contributed by atoms with Gasteiger partial charge in [0.2, 0.25) is 10.0 Å². The Labute approximate surface area is 128 Å². The topological polar surface area (TPSA) is 57.6 Å². The van der Waals surface area contributed by atoms with Gasteiger partial charge < -0.3 is 5.11 Å². The molecule has 116 valence electrons. The normalized spacial score (nSPS) is 17.0. The molecule has 1 atom stereocenters. The van der Waals surface area contributed by atoms with Crippen LogP contribution in [0.3, 0.4) is 0 Å². The predicted octanol–water partition coefficient (Wildman–Crippen LogP) is 2.41. The van der Waals surface area contributed by atoms with Gasteiger partial charge in [0, 0.05) is 17.6 Å². The van der Waals surface area contributed by atoms with Crippen LogP contribution in [0.4, 0.5) is 4.39 Å². The van der Waals surface area contributed by atoms with E-state index in [1.54, 1.807) is 0 Å². The van der Waals surface area contributed by atoms with Crippen molar-refractivity contribution in [2.45, 2.75) is 25.0 Å². The lowest BCUT2D eigenvalue weighted by molar-refractivity contribution is 0.145. The van der Waals surface area contributed by atoms with E-state index in [9.17, 15) is 17.9 Å². The summed E-state index contributed by atoms with van der Waals surface area (Å²) in [6.45, 7) is 3.34. The molecule has 1 saturated carbocycles. The van der Waals surface area contributed by atoms with Crippen molar-refractivity contribution in [3.63, 3.8) is 0 Å². The number of halogens is 2. The molecule has 0 aliphatic heterocycles. The number of hydrogen-bond donors (Lipinski definition) is 1. The van der Waals surface area contributed by atoms with Crippen LogP contribution in [0, 0.1) is 5.82 Å². The summed E-state index contributed by atoms with van der Waals surface area (Å²) in [5.74, 6) is -0.752. The highest BCUT2D eigenvalue weighted by atomic mass is 35.5. The molecule has 0 bridgehead atoms. The fraction of sp³-hybridized carbons (Fsp3) is 0.429. The first-order chi connectivity index (χ1) is 9.79. The summed E-state index contributed by atoms with van der Waals surface area (Å²) in [6.07, 6.45) is 0.526. The Bertz CT molecular complexity index is 614. The van der Waals surface area contributed by atoms with E-state index >= 15 is 0 Å². The third-order valence-electron chi connectivity index (χ3n) is 3.26. The molecular weight excluding hydrogens is 317 g/mol. The predicted molar refractivity (Wildman–Crippen MR) is 79.9 cm³/mol. The van der Waals surface area contributed by atoms with E-state index in [1.165, 1.54) is 28.6 Å². The number of sulfonamides is 1. The van der Waals surface area contributed by atoms with Crippen LogP contribution >= 0.6 is 11.6 Å². The monoisotopic (exact) mass is 333 g/mol. The number of aliphatic hydroxyl groups is 1. The standard InChI is InChI=1S/C14H17ClFNO3S/c1-10(15)9-21(19,20)17(13-6-7-13)8-14(18)11-2-4-12(16)5-3-11/h2-5,13-14,18H,1,6-9H2/t14-/m1/s1. The Hall–Kier alpha value is -0.950. The Morgan fingerprint density at radius 3 is 2.48 bits per heavy atom. The molecule has 7 heteroatoms. The van der Waals surface area contributed by atoms with Gasteiger partial charge in [-0.25, -0.2) is 12.8 Å². The summed E-state index contributed by atoms with van der Waals surface area (Å²) in [5, 5.41) is 10.2. The van der Waals surface area contributed by atoms with Crippen LogP contribution in [-0.4, -0.2) is 36.2 Å². The molecule has 1 aromatic rings. The molecule has 1 aromatic carbocycles. The smallest absolute Gasteiger partial charge is 0.219 e. The van der Waals surface area contributed by atoms with Crippen LogP contribution < -0.4 is 0 Å². The first-order valence-electron chi connectivity index (χ1n) is 6.56. The fourth-order valence-corrected chi connectivity index (χ4v) is 4.10. The van der Waals surface area contributed by atoms with E-state index in [1.807, 2.05) is 0 Å². The zero-order valence-corrected chi connectivity index (χ0v) is 12.9. The summed E-state index contributed by atoms with van der Waals surface area (Å²) in [7, 11) is -3.60. The summed E-state index contributed by atoms with van der Waals surface area (Å²) in [5.41, 5.74) is 0.474. The molecule has 0 saturated heterocycles. The summed E-state index contributed by atoms with van der Waals surface area (Å²) >= 11 is 5.60. The SMILES string of the molecule is C=C(Cl)CS(=O)(=O)N(C[C@@H](O)c1ccc(F)cc1)C1CC1. The van der Waals surface area contributed by atoms with Crippen molar-refractivity contribution < 1.29 is 17.9 Å². The highest BCUT2D eigenvalue weighted by molar-refractivity contribution is 7.89. The van der Waals surface area contributed by atoms with Gasteiger partial charge in [0.1, 0.15) is 5.82 Å². The maximum atomic E-state index is 12.9. The maximum Gasteiger partial charge on any atom is 0.219 e. The van der Waals surface area contributed by atoms with Crippen LogP contribution in [-0.2, 0) is 10.0 Å². The lowest BCUT2D eigenvalue weighted by Crippen LogP contribution is -2.38. The van der Waals surface area contributed by atoms with Gasteiger partial charge in [0.05, 0.1) is 11.9 Å². The Morgan fingerprint density at radius 2 is 2.00 bits per heavy atom. The Kier molecular flexibility index (Phi) is 5.03. The average Bonchev–Trinajstić information content (AvgIpc) is 3.18. The third-order valence-corrected chi connectivity index (χ3v) is 5.43. The van der Waals surface area contributed by atoms with E-state index in [4.69, 9.17) is 11.6 Å². The second-order valence-electron chi connectivity index (χ2n) is 5.14. The molecule has 4 nitrogen and oxygen atoms in total. The lowest BCUT2D eigenvalue weighted by atomic mass is 10.1. The molecule has 0 amide bonds. The Balaban J connectivity index is 2.13. The van der Waals surface area contributed by atoms with E-state index < -0.39 is 21.9 Å². The van der Waals surface area contributed by atoms with Gasteiger partial charge in [-0.05, 0) is 30.5 Å². The van der Waals surface area contributed by atoms with Gasteiger partial charge in [-0.2, -0.15) is 4.31 Å². The number of benzene rings is 1. The minimum atomic E-state index is -3.60. The number of hydrogen-bond acceptors (Lipinski definition) is 3. The van der Waals surface area contributed by atoms with Crippen LogP contribution in [0.5, 0.6) is 0 Å². The van der Waals surface area contributed by atoms with E-state index in [0.29, 0.717) is 5.56 Å². The molecule has 1 fully saturated rings. The molecule has 0 radical (unpaired) electrons. The first kappa shape index (κ1) is 16.4. The van der Waals surface area contributed by atoms with Gasteiger partial charge in [0.25, 0.3) is 0 Å². The van der Waals surface area contributed by atoms with Crippen molar-refractivity contribution in [2.24, 2.45) is 0 Å². The fourth-order valence-electron chi connectivity index (χ4n) is 2.09. The summed E-state index contributed by atoms with van der Waals surface area (Å²) in [6, 6.07) is 5.25. The minimum absolute atomic E-state index is 0.0388. The molecular formula is C14H17ClFNO3S. The van der Waals surface area contributed by atoms with Crippen LogP contribution in [0.25, 0.3) is 0 Å².